The highest BCUT2D eigenvalue weighted by Gasteiger charge is 2.41. The Morgan fingerprint density at radius 2 is 2.47 bits per heavy atom. The van der Waals surface area contributed by atoms with Gasteiger partial charge in [-0.05, 0) is 0 Å². The van der Waals surface area contributed by atoms with Gasteiger partial charge in [-0.2, -0.15) is 0 Å². The Morgan fingerprint density at radius 1 is 1.63 bits per heavy atom. The van der Waals surface area contributed by atoms with E-state index in [4.69, 9.17) is 4.74 Å². The van der Waals surface area contributed by atoms with E-state index in [1.165, 1.54) is 4.88 Å². The molecular weight excluding hydrogens is 262 g/mol. The van der Waals surface area contributed by atoms with Crippen molar-refractivity contribution >= 4 is 22.3 Å². The first-order chi connectivity index (χ1) is 9.04. The van der Waals surface area contributed by atoms with Gasteiger partial charge in [0.25, 0.3) is 0 Å². The van der Waals surface area contributed by atoms with Gasteiger partial charge in [-0.3, -0.25) is 9.20 Å². The molecule has 1 aliphatic rings. The Labute approximate surface area is 115 Å². The van der Waals surface area contributed by atoms with Crippen molar-refractivity contribution < 1.29 is 9.53 Å². The fraction of sp³-hybridized carbons (Fsp3) is 0.538. The van der Waals surface area contributed by atoms with Gasteiger partial charge in [0.2, 0.25) is 0 Å². The maximum atomic E-state index is 11.3. The van der Waals surface area contributed by atoms with E-state index < -0.39 is 0 Å². The highest BCUT2D eigenvalue weighted by atomic mass is 32.1. The third kappa shape index (κ3) is 2.50. The molecule has 0 aromatic carbocycles. The molecule has 1 saturated heterocycles. The number of rotatable bonds is 4. The molecule has 3 rings (SSSR count). The zero-order valence-electron chi connectivity index (χ0n) is 11.0. The van der Waals surface area contributed by atoms with Crippen molar-refractivity contribution in [3.63, 3.8) is 0 Å². The van der Waals surface area contributed by atoms with Crippen LogP contribution in [0.2, 0.25) is 0 Å². The number of ether oxygens (including phenoxy) is 1. The number of hydrogen-bond acceptors (Lipinski definition) is 5. The number of carbonyl (C=O) groups is 1. The molecule has 6 heteroatoms. The molecule has 5 nitrogen and oxygen atoms in total. The molecule has 0 amide bonds. The highest BCUT2D eigenvalue weighted by molar-refractivity contribution is 7.17. The smallest absolute Gasteiger partial charge is 0.306 e. The average molecular weight is 279 g/mol. The minimum Gasteiger partial charge on any atom is -0.460 e. The zero-order chi connectivity index (χ0) is 13.5. The average Bonchev–Trinajstić information content (AvgIpc) is 2.92. The molecule has 19 heavy (non-hydrogen) atoms. The van der Waals surface area contributed by atoms with E-state index >= 15 is 0 Å². The van der Waals surface area contributed by atoms with Crippen LogP contribution in [-0.4, -0.2) is 28.0 Å². The molecule has 1 aliphatic heterocycles. The number of nitrogens with one attached hydrogen (secondary N) is 1. The van der Waals surface area contributed by atoms with Crippen LogP contribution in [0.1, 0.15) is 25.1 Å². The molecule has 0 radical (unpaired) electrons. The number of hydrogen-bond donors (Lipinski definition) is 1. The Balaban J connectivity index is 1.56. The van der Waals surface area contributed by atoms with Crippen LogP contribution in [0.25, 0.3) is 4.96 Å². The third-order valence-electron chi connectivity index (χ3n) is 3.51. The van der Waals surface area contributed by atoms with Gasteiger partial charge in [0.15, 0.2) is 4.96 Å². The summed E-state index contributed by atoms with van der Waals surface area (Å²) in [6.07, 6.45) is 6.28. The second kappa shape index (κ2) is 4.61. The third-order valence-corrected chi connectivity index (χ3v) is 4.52. The summed E-state index contributed by atoms with van der Waals surface area (Å²) in [6, 6.07) is 0. The van der Waals surface area contributed by atoms with Crippen molar-refractivity contribution in [1.82, 2.24) is 14.7 Å². The number of carbonyl (C=O) groups excluding carboxylic acids is 1. The molecule has 2 aromatic heterocycles. The molecular formula is C13H17N3O2S. The predicted molar refractivity (Wildman–Crippen MR) is 73.1 cm³/mol. The zero-order valence-corrected chi connectivity index (χ0v) is 11.9. The van der Waals surface area contributed by atoms with Gasteiger partial charge in [-0.1, -0.05) is 13.8 Å². The van der Waals surface area contributed by atoms with Gasteiger partial charge < -0.3 is 10.1 Å². The van der Waals surface area contributed by atoms with E-state index in [1.807, 2.05) is 10.6 Å². The molecule has 0 aliphatic carbocycles. The van der Waals surface area contributed by atoms with Crippen molar-refractivity contribution in [2.45, 2.75) is 32.9 Å². The number of cyclic esters (lactones) is 1. The lowest BCUT2D eigenvalue weighted by Gasteiger charge is -2.23. The van der Waals surface area contributed by atoms with Crippen LogP contribution in [-0.2, 0) is 16.1 Å². The second-order valence-electron chi connectivity index (χ2n) is 5.59. The van der Waals surface area contributed by atoms with E-state index in [9.17, 15) is 4.79 Å². The molecule has 1 fully saturated rings. The molecule has 2 aromatic rings. The summed E-state index contributed by atoms with van der Waals surface area (Å²) in [6.45, 7) is 5.62. The molecule has 3 heterocycles. The van der Waals surface area contributed by atoms with E-state index in [-0.39, 0.29) is 17.5 Å². The number of aromatic nitrogens is 2. The normalized spacial score (nSPS) is 22.0. The van der Waals surface area contributed by atoms with Gasteiger partial charge in [0.1, 0.15) is 6.10 Å². The van der Waals surface area contributed by atoms with Gasteiger partial charge in [0.05, 0.1) is 6.42 Å². The monoisotopic (exact) mass is 279 g/mol. The standard InChI is InChI=1S/C13H17N3O2S/c1-13(2)5-11(17)18-10(13)7-14-6-9-8-16-4-3-15-12(16)19-9/h3-4,8,10,14H,5-7H2,1-2H3. The fourth-order valence-corrected chi connectivity index (χ4v) is 3.25. The molecule has 0 bridgehead atoms. The number of imidazole rings is 1. The van der Waals surface area contributed by atoms with Crippen LogP contribution in [0.4, 0.5) is 0 Å². The molecule has 0 spiro atoms. The molecule has 1 unspecified atom stereocenters. The lowest BCUT2D eigenvalue weighted by atomic mass is 9.85. The van der Waals surface area contributed by atoms with Crippen LogP contribution >= 0.6 is 11.3 Å². The quantitative estimate of drug-likeness (QED) is 0.868. The van der Waals surface area contributed by atoms with Crippen LogP contribution < -0.4 is 5.32 Å². The summed E-state index contributed by atoms with van der Waals surface area (Å²) in [7, 11) is 0. The van der Waals surface area contributed by atoms with Crippen molar-refractivity contribution in [2.75, 3.05) is 6.54 Å². The number of nitrogens with zero attached hydrogens (tertiary/aromatic N) is 2. The fourth-order valence-electron chi connectivity index (χ4n) is 2.35. The van der Waals surface area contributed by atoms with E-state index in [2.05, 4.69) is 30.3 Å². The van der Waals surface area contributed by atoms with Gasteiger partial charge >= 0.3 is 5.97 Å². The lowest BCUT2D eigenvalue weighted by Crippen LogP contribution is -2.35. The maximum absolute atomic E-state index is 11.3. The minimum absolute atomic E-state index is 0.0379. The van der Waals surface area contributed by atoms with Gasteiger partial charge in [0, 0.05) is 42.0 Å². The summed E-state index contributed by atoms with van der Waals surface area (Å²) in [5.74, 6) is -0.0913. The number of esters is 1. The first kappa shape index (κ1) is 12.6. The van der Waals surface area contributed by atoms with Crippen LogP contribution in [0.15, 0.2) is 18.6 Å². The van der Waals surface area contributed by atoms with Crippen molar-refractivity contribution in [3.8, 4) is 0 Å². The Morgan fingerprint density at radius 3 is 3.16 bits per heavy atom. The highest BCUT2D eigenvalue weighted by Crippen LogP contribution is 2.34. The SMILES string of the molecule is CC1(C)CC(=O)OC1CNCc1cn2ccnc2s1. The summed E-state index contributed by atoms with van der Waals surface area (Å²) in [5.41, 5.74) is -0.0753. The van der Waals surface area contributed by atoms with Crippen LogP contribution in [0.3, 0.4) is 0 Å². The summed E-state index contributed by atoms with van der Waals surface area (Å²) in [5, 5.41) is 3.36. The van der Waals surface area contributed by atoms with E-state index in [1.54, 1.807) is 17.5 Å². The minimum atomic E-state index is -0.0913. The summed E-state index contributed by atoms with van der Waals surface area (Å²) >= 11 is 1.67. The Kier molecular flexibility index (Phi) is 3.06. The maximum Gasteiger partial charge on any atom is 0.306 e. The van der Waals surface area contributed by atoms with E-state index in [0.717, 1.165) is 11.5 Å². The first-order valence-corrected chi connectivity index (χ1v) is 7.18. The number of thiazole rings is 1. The lowest BCUT2D eigenvalue weighted by molar-refractivity contribution is -0.141. The second-order valence-corrected chi connectivity index (χ2v) is 6.68. The predicted octanol–water partition coefficient (Wildman–Crippen LogP) is 1.83. The van der Waals surface area contributed by atoms with Crippen molar-refractivity contribution in [1.29, 1.82) is 0 Å². The topological polar surface area (TPSA) is 55.6 Å². The van der Waals surface area contributed by atoms with Gasteiger partial charge in [-0.15, -0.1) is 11.3 Å². The van der Waals surface area contributed by atoms with Gasteiger partial charge in [-0.25, -0.2) is 4.98 Å². The largest absolute Gasteiger partial charge is 0.460 e. The first-order valence-electron chi connectivity index (χ1n) is 6.36. The van der Waals surface area contributed by atoms with E-state index in [0.29, 0.717) is 13.0 Å². The molecule has 1 N–H and O–H groups in total. The van der Waals surface area contributed by atoms with Crippen LogP contribution in [0, 0.1) is 5.41 Å². The summed E-state index contributed by atoms with van der Waals surface area (Å²) in [4.78, 5) is 17.8. The molecule has 102 valence electrons. The Bertz CT molecular complexity index is 573. The molecule has 0 saturated carbocycles. The Hall–Kier alpha value is -1.40. The van der Waals surface area contributed by atoms with Crippen LogP contribution in [0.5, 0.6) is 0 Å². The molecule has 1 atom stereocenters. The summed E-state index contributed by atoms with van der Waals surface area (Å²) < 4.78 is 7.36. The number of fused-ring (bicyclic) bond motifs is 1. The van der Waals surface area contributed by atoms with Crippen molar-refractivity contribution in [2.24, 2.45) is 5.41 Å². The van der Waals surface area contributed by atoms with Crippen molar-refractivity contribution in [3.05, 3.63) is 23.5 Å².